The van der Waals surface area contributed by atoms with Crippen LogP contribution in [0.25, 0.3) is 0 Å². The van der Waals surface area contributed by atoms with Gasteiger partial charge in [0.15, 0.2) is 0 Å². The van der Waals surface area contributed by atoms with E-state index in [9.17, 15) is 4.79 Å². The summed E-state index contributed by atoms with van der Waals surface area (Å²) in [5.74, 6) is 2.10. The molecule has 2 fully saturated rings. The lowest BCUT2D eigenvalue weighted by Gasteiger charge is -2.20. The molecule has 17 heavy (non-hydrogen) atoms. The minimum Gasteiger partial charge on any atom is -0.352 e. The first-order valence-electron chi connectivity index (χ1n) is 6.64. The summed E-state index contributed by atoms with van der Waals surface area (Å²) in [6.07, 6.45) is 5.05. The second kappa shape index (κ2) is 4.52. The van der Waals surface area contributed by atoms with Crippen LogP contribution in [-0.2, 0) is 11.3 Å². The number of hydrogen-bond acceptors (Lipinski definition) is 1. The van der Waals surface area contributed by atoms with Crippen molar-refractivity contribution in [3.8, 4) is 0 Å². The quantitative estimate of drug-likeness (QED) is 0.848. The molecule has 90 valence electrons. The van der Waals surface area contributed by atoms with Crippen molar-refractivity contribution in [1.29, 1.82) is 0 Å². The predicted molar refractivity (Wildman–Crippen MR) is 67.2 cm³/mol. The normalized spacial score (nSPS) is 30.5. The zero-order valence-corrected chi connectivity index (χ0v) is 10.1. The molecule has 1 aromatic carbocycles. The molecule has 2 heteroatoms. The lowest BCUT2D eigenvalue weighted by atomic mass is 9.88. The first kappa shape index (κ1) is 10.8. The summed E-state index contributed by atoms with van der Waals surface area (Å²) in [6, 6.07) is 10.1. The number of rotatable bonds is 3. The number of carbonyl (C=O) groups is 1. The van der Waals surface area contributed by atoms with Gasteiger partial charge in [0.1, 0.15) is 0 Å². The number of nitrogens with one attached hydrogen (secondary N) is 1. The van der Waals surface area contributed by atoms with Gasteiger partial charge in [0.2, 0.25) is 5.91 Å². The van der Waals surface area contributed by atoms with Crippen LogP contribution < -0.4 is 5.32 Å². The average molecular weight is 229 g/mol. The molecule has 3 atom stereocenters. The second-order valence-corrected chi connectivity index (χ2v) is 5.48. The number of carbonyl (C=O) groups excluding carboxylic acids is 1. The van der Waals surface area contributed by atoms with Crippen molar-refractivity contribution in [1.82, 2.24) is 5.32 Å². The van der Waals surface area contributed by atoms with Gasteiger partial charge < -0.3 is 5.32 Å². The maximum absolute atomic E-state index is 12.1. The number of fused-ring (bicyclic) bond motifs is 2. The van der Waals surface area contributed by atoms with Crippen LogP contribution in [-0.4, -0.2) is 5.91 Å². The van der Waals surface area contributed by atoms with Crippen molar-refractivity contribution in [2.45, 2.75) is 32.2 Å². The van der Waals surface area contributed by atoms with Crippen LogP contribution in [0.2, 0.25) is 0 Å². The third kappa shape index (κ3) is 2.21. The van der Waals surface area contributed by atoms with E-state index in [1.165, 1.54) is 24.8 Å². The molecule has 1 aromatic rings. The highest BCUT2D eigenvalue weighted by atomic mass is 16.1. The van der Waals surface area contributed by atoms with E-state index in [0.717, 1.165) is 12.3 Å². The zero-order chi connectivity index (χ0) is 11.7. The molecule has 2 nitrogen and oxygen atoms in total. The minimum atomic E-state index is 0.279. The molecule has 0 heterocycles. The van der Waals surface area contributed by atoms with Gasteiger partial charge in [-0.25, -0.2) is 0 Å². The van der Waals surface area contributed by atoms with Crippen LogP contribution in [0.3, 0.4) is 0 Å². The van der Waals surface area contributed by atoms with E-state index in [-0.39, 0.29) is 5.91 Å². The van der Waals surface area contributed by atoms with Gasteiger partial charge in [-0.2, -0.15) is 0 Å². The van der Waals surface area contributed by atoms with Gasteiger partial charge in [0, 0.05) is 12.5 Å². The number of benzene rings is 1. The smallest absolute Gasteiger partial charge is 0.223 e. The Bertz CT molecular complexity index is 401. The molecular formula is C15H19NO. The van der Waals surface area contributed by atoms with Crippen LogP contribution in [0.4, 0.5) is 0 Å². The van der Waals surface area contributed by atoms with E-state index in [0.29, 0.717) is 18.4 Å². The minimum absolute atomic E-state index is 0.279. The Morgan fingerprint density at radius 2 is 2.00 bits per heavy atom. The van der Waals surface area contributed by atoms with Crippen LogP contribution in [0.1, 0.15) is 31.2 Å². The largest absolute Gasteiger partial charge is 0.352 e. The molecule has 0 radical (unpaired) electrons. The van der Waals surface area contributed by atoms with E-state index in [2.05, 4.69) is 17.4 Å². The van der Waals surface area contributed by atoms with Gasteiger partial charge in [0.05, 0.1) is 0 Å². The molecule has 2 aliphatic carbocycles. The Morgan fingerprint density at radius 3 is 2.65 bits per heavy atom. The van der Waals surface area contributed by atoms with Crippen molar-refractivity contribution in [2.24, 2.45) is 17.8 Å². The van der Waals surface area contributed by atoms with Crippen molar-refractivity contribution in [2.75, 3.05) is 0 Å². The molecular weight excluding hydrogens is 210 g/mol. The predicted octanol–water partition coefficient (Wildman–Crippen LogP) is 2.74. The molecule has 2 saturated carbocycles. The Labute approximate surface area is 102 Å². The van der Waals surface area contributed by atoms with E-state index < -0.39 is 0 Å². The lowest BCUT2D eigenvalue weighted by Crippen LogP contribution is -2.33. The molecule has 1 unspecified atom stereocenters. The molecule has 2 aliphatic rings. The third-order valence-corrected chi connectivity index (χ3v) is 4.38. The van der Waals surface area contributed by atoms with E-state index in [4.69, 9.17) is 0 Å². The molecule has 0 aliphatic heterocycles. The van der Waals surface area contributed by atoms with Gasteiger partial charge in [0.25, 0.3) is 0 Å². The Kier molecular flexibility index (Phi) is 2.87. The highest BCUT2D eigenvalue weighted by Gasteiger charge is 2.42. The monoisotopic (exact) mass is 229 g/mol. The molecule has 0 spiro atoms. The highest BCUT2D eigenvalue weighted by molar-refractivity contribution is 5.79. The van der Waals surface area contributed by atoms with Gasteiger partial charge in [-0.3, -0.25) is 4.79 Å². The first-order chi connectivity index (χ1) is 8.33. The van der Waals surface area contributed by atoms with Gasteiger partial charge in [-0.05, 0) is 36.7 Å². The van der Waals surface area contributed by atoms with Crippen molar-refractivity contribution in [3.63, 3.8) is 0 Å². The summed E-state index contributed by atoms with van der Waals surface area (Å²) in [5.41, 5.74) is 1.18. The fourth-order valence-corrected chi connectivity index (χ4v) is 3.48. The summed E-state index contributed by atoms with van der Waals surface area (Å²) < 4.78 is 0. The standard InChI is InChI=1S/C15H19NO/c17-15(14-9-12-6-7-13(14)8-12)16-10-11-4-2-1-3-5-11/h1-5,12-14H,6-10H2,(H,16,17)/t12?,13-,14-/m1/s1. The van der Waals surface area contributed by atoms with Crippen molar-refractivity contribution >= 4 is 5.91 Å². The fourth-order valence-electron chi connectivity index (χ4n) is 3.48. The molecule has 2 bridgehead atoms. The Morgan fingerprint density at radius 1 is 1.18 bits per heavy atom. The maximum atomic E-state index is 12.1. The third-order valence-electron chi connectivity index (χ3n) is 4.38. The summed E-state index contributed by atoms with van der Waals surface area (Å²) in [4.78, 5) is 12.1. The SMILES string of the molecule is O=C(NCc1ccccc1)[C@@H]1CC2CC[C@@H]1C2. The molecule has 0 saturated heterocycles. The van der Waals surface area contributed by atoms with Crippen molar-refractivity contribution < 1.29 is 4.79 Å². The summed E-state index contributed by atoms with van der Waals surface area (Å²) in [5, 5.41) is 3.09. The number of hydrogen-bond donors (Lipinski definition) is 1. The van der Waals surface area contributed by atoms with Gasteiger partial charge in [-0.15, -0.1) is 0 Å². The van der Waals surface area contributed by atoms with Crippen LogP contribution in [0.15, 0.2) is 30.3 Å². The van der Waals surface area contributed by atoms with Gasteiger partial charge in [-0.1, -0.05) is 36.8 Å². The molecule has 3 rings (SSSR count). The Balaban J connectivity index is 1.54. The second-order valence-electron chi connectivity index (χ2n) is 5.48. The number of amides is 1. The summed E-state index contributed by atoms with van der Waals surface area (Å²) >= 11 is 0. The molecule has 0 aromatic heterocycles. The summed E-state index contributed by atoms with van der Waals surface area (Å²) in [7, 11) is 0. The van der Waals surface area contributed by atoms with Crippen LogP contribution in [0.5, 0.6) is 0 Å². The van der Waals surface area contributed by atoms with Crippen LogP contribution >= 0.6 is 0 Å². The van der Waals surface area contributed by atoms with E-state index >= 15 is 0 Å². The zero-order valence-electron chi connectivity index (χ0n) is 10.1. The highest BCUT2D eigenvalue weighted by Crippen LogP contribution is 2.48. The topological polar surface area (TPSA) is 29.1 Å². The fraction of sp³-hybridized carbons (Fsp3) is 0.533. The van der Waals surface area contributed by atoms with Crippen molar-refractivity contribution in [3.05, 3.63) is 35.9 Å². The Hall–Kier alpha value is -1.31. The summed E-state index contributed by atoms with van der Waals surface area (Å²) in [6.45, 7) is 0.674. The van der Waals surface area contributed by atoms with Gasteiger partial charge >= 0.3 is 0 Å². The lowest BCUT2D eigenvalue weighted by molar-refractivity contribution is -0.126. The van der Waals surface area contributed by atoms with E-state index in [1.807, 2.05) is 18.2 Å². The van der Waals surface area contributed by atoms with E-state index in [1.54, 1.807) is 0 Å². The molecule has 1 amide bonds. The maximum Gasteiger partial charge on any atom is 0.223 e. The molecule has 1 N–H and O–H groups in total. The van der Waals surface area contributed by atoms with Crippen LogP contribution in [0, 0.1) is 17.8 Å². The first-order valence-corrected chi connectivity index (χ1v) is 6.64. The average Bonchev–Trinajstić information content (AvgIpc) is 2.99.